The highest BCUT2D eigenvalue weighted by Crippen LogP contribution is 2.24. The lowest BCUT2D eigenvalue weighted by Crippen LogP contribution is -2.10. The van der Waals surface area contributed by atoms with Gasteiger partial charge in [-0.05, 0) is 48.8 Å². The smallest absolute Gasteiger partial charge is 0.0305 e. The zero-order chi connectivity index (χ0) is 12.1. The molecule has 1 heterocycles. The molecule has 0 spiro atoms. The largest absolute Gasteiger partial charge is 0.324 e. The van der Waals surface area contributed by atoms with Gasteiger partial charge in [-0.3, -0.25) is 0 Å². The Morgan fingerprint density at radius 2 is 1.94 bits per heavy atom. The number of aryl methyl sites for hydroxylation is 2. The Balaban J connectivity index is 1.81. The molecule has 0 aliphatic carbocycles. The first kappa shape index (κ1) is 12.3. The Bertz CT molecular complexity index is 447. The zero-order valence-electron chi connectivity index (χ0n) is 10.2. The van der Waals surface area contributed by atoms with E-state index in [0.29, 0.717) is 0 Å². The summed E-state index contributed by atoms with van der Waals surface area (Å²) in [6.07, 6.45) is 3.34. The molecule has 2 N–H and O–H groups in total. The van der Waals surface area contributed by atoms with Gasteiger partial charge in [-0.2, -0.15) is 0 Å². The molecule has 1 unspecified atom stereocenters. The van der Waals surface area contributed by atoms with Gasteiger partial charge in [0.2, 0.25) is 0 Å². The molecule has 17 heavy (non-hydrogen) atoms. The molecule has 2 heteroatoms. The van der Waals surface area contributed by atoms with Crippen LogP contribution in [0.2, 0.25) is 0 Å². The quantitative estimate of drug-likeness (QED) is 0.844. The van der Waals surface area contributed by atoms with Gasteiger partial charge in [-0.15, -0.1) is 11.3 Å². The van der Waals surface area contributed by atoms with Crippen LogP contribution in [-0.4, -0.2) is 0 Å². The van der Waals surface area contributed by atoms with Gasteiger partial charge < -0.3 is 5.73 Å². The van der Waals surface area contributed by atoms with Crippen molar-refractivity contribution >= 4 is 11.3 Å². The molecule has 0 saturated heterocycles. The highest BCUT2D eigenvalue weighted by Gasteiger charge is 2.09. The Hall–Kier alpha value is -1.12. The van der Waals surface area contributed by atoms with Crippen molar-refractivity contribution in [2.75, 3.05) is 0 Å². The molecule has 90 valence electrons. The zero-order valence-corrected chi connectivity index (χ0v) is 11.0. The van der Waals surface area contributed by atoms with Gasteiger partial charge in [-0.1, -0.05) is 30.3 Å². The molecule has 0 bridgehead atoms. The third-order valence-corrected chi connectivity index (χ3v) is 3.98. The van der Waals surface area contributed by atoms with Gasteiger partial charge in [0, 0.05) is 10.9 Å². The molecular formula is C15H19NS. The van der Waals surface area contributed by atoms with E-state index in [1.807, 2.05) is 0 Å². The van der Waals surface area contributed by atoms with Gasteiger partial charge in [0.25, 0.3) is 0 Å². The summed E-state index contributed by atoms with van der Waals surface area (Å²) < 4.78 is 0. The van der Waals surface area contributed by atoms with Crippen molar-refractivity contribution in [3.63, 3.8) is 0 Å². The summed E-state index contributed by atoms with van der Waals surface area (Å²) in [6, 6.07) is 13.0. The second kappa shape index (κ2) is 5.99. The summed E-state index contributed by atoms with van der Waals surface area (Å²) >= 11 is 1.78. The maximum atomic E-state index is 6.21. The lowest BCUT2D eigenvalue weighted by molar-refractivity contribution is 0.611. The fraction of sp³-hybridized carbons (Fsp3) is 0.333. The minimum absolute atomic E-state index is 0.199. The summed E-state index contributed by atoms with van der Waals surface area (Å²) in [5.41, 5.74) is 8.94. The van der Waals surface area contributed by atoms with Gasteiger partial charge in [0.15, 0.2) is 0 Å². The van der Waals surface area contributed by atoms with Crippen LogP contribution in [0.15, 0.2) is 41.8 Å². The number of benzene rings is 1. The van der Waals surface area contributed by atoms with Crippen LogP contribution >= 0.6 is 11.3 Å². The number of rotatable bonds is 5. The van der Waals surface area contributed by atoms with E-state index in [0.717, 1.165) is 19.3 Å². The second-order valence-electron chi connectivity index (χ2n) is 4.42. The van der Waals surface area contributed by atoms with Crippen LogP contribution in [0, 0.1) is 6.92 Å². The van der Waals surface area contributed by atoms with Crippen molar-refractivity contribution in [3.8, 4) is 0 Å². The molecule has 1 atom stereocenters. The minimum atomic E-state index is 0.199. The Labute approximate surface area is 107 Å². The van der Waals surface area contributed by atoms with Crippen molar-refractivity contribution in [1.82, 2.24) is 0 Å². The molecular weight excluding hydrogens is 226 g/mol. The van der Waals surface area contributed by atoms with Gasteiger partial charge in [0.1, 0.15) is 0 Å². The number of thiophene rings is 1. The maximum Gasteiger partial charge on any atom is 0.0305 e. The third-order valence-electron chi connectivity index (χ3n) is 3.12. The first-order valence-corrected chi connectivity index (χ1v) is 6.99. The lowest BCUT2D eigenvalue weighted by atomic mass is 10.0. The van der Waals surface area contributed by atoms with E-state index < -0.39 is 0 Å². The molecule has 2 rings (SSSR count). The van der Waals surface area contributed by atoms with Gasteiger partial charge in [-0.25, -0.2) is 0 Å². The molecule has 2 aromatic rings. The molecule has 0 saturated carbocycles. The Morgan fingerprint density at radius 3 is 2.59 bits per heavy atom. The number of hydrogen-bond acceptors (Lipinski definition) is 2. The molecule has 0 fully saturated rings. The van der Waals surface area contributed by atoms with Gasteiger partial charge >= 0.3 is 0 Å². The normalized spacial score (nSPS) is 12.6. The number of hydrogen-bond donors (Lipinski definition) is 1. The van der Waals surface area contributed by atoms with E-state index >= 15 is 0 Å². The van der Waals surface area contributed by atoms with E-state index in [1.165, 1.54) is 16.0 Å². The van der Waals surface area contributed by atoms with Crippen molar-refractivity contribution in [1.29, 1.82) is 0 Å². The predicted molar refractivity (Wildman–Crippen MR) is 75.4 cm³/mol. The van der Waals surface area contributed by atoms with Crippen molar-refractivity contribution in [2.24, 2.45) is 5.73 Å². The van der Waals surface area contributed by atoms with Crippen LogP contribution in [0.1, 0.15) is 34.9 Å². The van der Waals surface area contributed by atoms with E-state index in [-0.39, 0.29) is 6.04 Å². The first-order valence-electron chi connectivity index (χ1n) is 6.11. The third kappa shape index (κ3) is 3.42. The van der Waals surface area contributed by atoms with Crippen LogP contribution in [0.3, 0.4) is 0 Å². The molecule has 1 nitrogen and oxygen atoms in total. The topological polar surface area (TPSA) is 26.0 Å². The van der Waals surface area contributed by atoms with E-state index in [2.05, 4.69) is 48.7 Å². The molecule has 0 aliphatic heterocycles. The highest BCUT2D eigenvalue weighted by atomic mass is 32.1. The van der Waals surface area contributed by atoms with E-state index in [1.54, 1.807) is 11.3 Å². The summed E-state index contributed by atoms with van der Waals surface area (Å²) in [7, 11) is 0. The van der Waals surface area contributed by atoms with Crippen LogP contribution in [0.5, 0.6) is 0 Å². The Morgan fingerprint density at radius 1 is 1.18 bits per heavy atom. The van der Waals surface area contributed by atoms with Crippen molar-refractivity contribution in [3.05, 3.63) is 57.8 Å². The van der Waals surface area contributed by atoms with Crippen LogP contribution in [0.25, 0.3) is 0 Å². The summed E-state index contributed by atoms with van der Waals surface area (Å²) in [5.74, 6) is 0. The van der Waals surface area contributed by atoms with Crippen molar-refractivity contribution in [2.45, 2.75) is 32.2 Å². The minimum Gasteiger partial charge on any atom is -0.324 e. The summed E-state index contributed by atoms with van der Waals surface area (Å²) in [4.78, 5) is 1.36. The molecule has 1 aromatic heterocycles. The first-order chi connectivity index (χ1) is 8.27. The Kier molecular flexibility index (Phi) is 4.35. The monoisotopic (exact) mass is 245 g/mol. The standard InChI is InChI=1S/C15H19NS/c1-12-14(10-11-17-12)15(16)9-5-8-13-6-3-2-4-7-13/h2-4,6-7,10-11,15H,5,8-9,16H2,1H3. The molecule has 0 radical (unpaired) electrons. The predicted octanol–water partition coefficient (Wildman–Crippen LogP) is 4.08. The van der Waals surface area contributed by atoms with Gasteiger partial charge in [0.05, 0.1) is 0 Å². The van der Waals surface area contributed by atoms with Crippen molar-refractivity contribution < 1.29 is 0 Å². The molecule has 1 aromatic carbocycles. The summed E-state index contributed by atoms with van der Waals surface area (Å²) in [6.45, 7) is 2.15. The van der Waals surface area contributed by atoms with Crippen LogP contribution in [0.4, 0.5) is 0 Å². The van der Waals surface area contributed by atoms with E-state index in [4.69, 9.17) is 5.73 Å². The highest BCUT2D eigenvalue weighted by molar-refractivity contribution is 7.10. The van der Waals surface area contributed by atoms with Crippen LogP contribution in [-0.2, 0) is 6.42 Å². The number of nitrogens with two attached hydrogens (primary N) is 1. The van der Waals surface area contributed by atoms with Crippen LogP contribution < -0.4 is 5.73 Å². The average molecular weight is 245 g/mol. The summed E-state index contributed by atoms with van der Waals surface area (Å²) in [5, 5.41) is 2.13. The second-order valence-corrected chi connectivity index (χ2v) is 5.54. The average Bonchev–Trinajstić information content (AvgIpc) is 2.77. The fourth-order valence-corrected chi connectivity index (χ4v) is 2.88. The molecule has 0 amide bonds. The SMILES string of the molecule is Cc1sccc1C(N)CCCc1ccccc1. The molecule has 0 aliphatic rings. The lowest BCUT2D eigenvalue weighted by Gasteiger charge is -2.11. The maximum absolute atomic E-state index is 6.21. The fourth-order valence-electron chi connectivity index (χ4n) is 2.11. The van der Waals surface area contributed by atoms with E-state index in [9.17, 15) is 0 Å².